The molecule has 1 aromatic heterocycles. The molecule has 0 spiro atoms. The molecule has 3 aliphatic rings. The highest BCUT2D eigenvalue weighted by Crippen LogP contribution is 2.36. The Morgan fingerprint density at radius 1 is 1.00 bits per heavy atom. The van der Waals surface area contributed by atoms with Gasteiger partial charge in [0.2, 0.25) is 11.8 Å². The third-order valence-electron chi connectivity index (χ3n) is 8.05. The second-order valence-corrected chi connectivity index (χ2v) is 10.5. The summed E-state index contributed by atoms with van der Waals surface area (Å²) in [5.41, 5.74) is 1.24. The van der Waals surface area contributed by atoms with Gasteiger partial charge < -0.3 is 9.67 Å². The van der Waals surface area contributed by atoms with Crippen molar-refractivity contribution in [2.45, 2.75) is 43.9 Å². The molecule has 4 amide bonds. The van der Waals surface area contributed by atoms with Crippen molar-refractivity contribution in [2.24, 2.45) is 7.05 Å². The second kappa shape index (κ2) is 9.21. The Hall–Kier alpha value is -4.22. The topological polar surface area (TPSA) is 142 Å². The lowest BCUT2D eigenvalue weighted by Gasteiger charge is -2.38. The van der Waals surface area contributed by atoms with E-state index >= 15 is 0 Å². The van der Waals surface area contributed by atoms with Gasteiger partial charge in [0.25, 0.3) is 17.4 Å². The molecule has 3 aliphatic heterocycles. The number of amides is 4. The molecule has 0 radical (unpaired) electrons. The first-order chi connectivity index (χ1) is 18.6. The number of aromatic nitrogens is 2. The van der Waals surface area contributed by atoms with Crippen molar-refractivity contribution in [3.63, 3.8) is 0 Å². The van der Waals surface area contributed by atoms with Crippen LogP contribution in [0.2, 0.25) is 0 Å². The Morgan fingerprint density at radius 2 is 1.74 bits per heavy atom. The Kier molecular flexibility index (Phi) is 5.92. The maximum atomic E-state index is 13.2. The van der Waals surface area contributed by atoms with E-state index in [4.69, 9.17) is 0 Å². The largest absolute Gasteiger partial charge is 0.385 e. The third-order valence-corrected chi connectivity index (χ3v) is 8.05. The normalized spacial score (nSPS) is 21.4. The number of likely N-dealkylation sites (tertiary alicyclic amines) is 1. The van der Waals surface area contributed by atoms with Gasteiger partial charge in [0.05, 0.1) is 34.0 Å². The van der Waals surface area contributed by atoms with Gasteiger partial charge in [-0.15, -0.1) is 0 Å². The summed E-state index contributed by atoms with van der Waals surface area (Å²) < 4.78 is 1.45. The molecule has 1 unspecified atom stereocenters. The molecular formula is C28H27N5O6. The molecule has 0 bridgehead atoms. The zero-order valence-corrected chi connectivity index (χ0v) is 21.3. The number of fused-ring (bicyclic) bond motifs is 2. The molecule has 11 heteroatoms. The second-order valence-electron chi connectivity index (χ2n) is 10.5. The van der Waals surface area contributed by atoms with Gasteiger partial charge in [0.15, 0.2) is 0 Å². The lowest BCUT2D eigenvalue weighted by molar-refractivity contribution is -0.136. The van der Waals surface area contributed by atoms with E-state index in [9.17, 15) is 29.1 Å². The van der Waals surface area contributed by atoms with E-state index in [1.807, 2.05) is 18.2 Å². The molecule has 4 heterocycles. The fourth-order valence-corrected chi connectivity index (χ4v) is 5.75. The molecule has 11 nitrogen and oxygen atoms in total. The zero-order valence-electron chi connectivity index (χ0n) is 21.3. The Labute approximate surface area is 223 Å². The molecular weight excluding hydrogens is 502 g/mol. The number of aliphatic hydroxyl groups is 1. The number of carbonyl (C=O) groups excluding carboxylic acids is 4. The number of hydrogen-bond acceptors (Lipinski definition) is 8. The van der Waals surface area contributed by atoms with Crippen molar-refractivity contribution in [1.29, 1.82) is 0 Å². The van der Waals surface area contributed by atoms with E-state index in [0.717, 1.165) is 10.5 Å². The molecule has 0 aliphatic carbocycles. The molecule has 0 saturated carbocycles. The van der Waals surface area contributed by atoms with Crippen LogP contribution in [0.3, 0.4) is 0 Å². The first-order valence-corrected chi connectivity index (χ1v) is 12.9. The monoisotopic (exact) mass is 529 g/mol. The van der Waals surface area contributed by atoms with Gasteiger partial charge >= 0.3 is 0 Å². The number of hydrogen-bond donors (Lipinski definition) is 2. The molecule has 2 aromatic carbocycles. The highest BCUT2D eigenvalue weighted by atomic mass is 16.3. The maximum Gasteiger partial charge on any atom is 0.262 e. The van der Waals surface area contributed by atoms with E-state index in [0.29, 0.717) is 48.9 Å². The zero-order chi connectivity index (χ0) is 27.5. The van der Waals surface area contributed by atoms with E-state index < -0.39 is 35.3 Å². The van der Waals surface area contributed by atoms with Crippen molar-refractivity contribution in [3.8, 4) is 0 Å². The van der Waals surface area contributed by atoms with E-state index in [2.05, 4.69) is 15.2 Å². The predicted octanol–water partition coefficient (Wildman–Crippen LogP) is 0.818. The summed E-state index contributed by atoms with van der Waals surface area (Å²) in [6.45, 7) is 1.79. The molecule has 2 N–H and O–H groups in total. The molecule has 39 heavy (non-hydrogen) atoms. The van der Waals surface area contributed by atoms with Crippen molar-refractivity contribution < 1.29 is 24.3 Å². The van der Waals surface area contributed by atoms with E-state index in [1.165, 1.54) is 17.0 Å². The summed E-state index contributed by atoms with van der Waals surface area (Å²) in [5, 5.41) is 14.3. The quantitative estimate of drug-likeness (QED) is 0.473. The van der Waals surface area contributed by atoms with Crippen molar-refractivity contribution >= 4 is 34.5 Å². The van der Waals surface area contributed by atoms with Crippen LogP contribution in [0.5, 0.6) is 0 Å². The van der Waals surface area contributed by atoms with Crippen LogP contribution in [-0.2, 0) is 28.8 Å². The standard InChI is InChI=1S/C28H27N5O6/c1-31-15-29-21-5-2-16(12-20(21)25(31)36)14-32-10-8-28(39,9-11-32)17-3-4-18-19(13-17)27(38)33(26(18)37)22-6-7-23(34)30-24(22)35/h2-5,12-13,15,22,39H,6-11,14H2,1H3,(H,30,34,35). The summed E-state index contributed by atoms with van der Waals surface area (Å²) in [6.07, 6.45) is 2.48. The predicted molar refractivity (Wildman–Crippen MR) is 139 cm³/mol. The number of imide groups is 2. The summed E-state index contributed by atoms with van der Waals surface area (Å²) in [7, 11) is 1.67. The molecule has 2 fully saturated rings. The Balaban J connectivity index is 1.17. The smallest absolute Gasteiger partial charge is 0.262 e. The highest BCUT2D eigenvalue weighted by molar-refractivity contribution is 6.23. The van der Waals surface area contributed by atoms with Gasteiger partial charge in [-0.05, 0) is 54.7 Å². The minimum absolute atomic E-state index is 0.0536. The highest BCUT2D eigenvalue weighted by Gasteiger charge is 2.45. The average Bonchev–Trinajstić information content (AvgIpc) is 3.17. The van der Waals surface area contributed by atoms with Crippen LogP contribution in [0.1, 0.15) is 57.5 Å². The van der Waals surface area contributed by atoms with Crippen molar-refractivity contribution in [1.82, 2.24) is 24.7 Å². The lowest BCUT2D eigenvalue weighted by atomic mass is 9.83. The summed E-state index contributed by atoms with van der Waals surface area (Å²) >= 11 is 0. The van der Waals surface area contributed by atoms with Gasteiger partial charge in [0.1, 0.15) is 6.04 Å². The lowest BCUT2D eigenvalue weighted by Crippen LogP contribution is -2.54. The molecule has 2 saturated heterocycles. The van der Waals surface area contributed by atoms with Crippen LogP contribution in [0.15, 0.2) is 47.5 Å². The van der Waals surface area contributed by atoms with Crippen LogP contribution in [-0.4, -0.2) is 67.2 Å². The van der Waals surface area contributed by atoms with Crippen LogP contribution in [0.25, 0.3) is 10.9 Å². The third kappa shape index (κ3) is 4.23. The van der Waals surface area contributed by atoms with Gasteiger partial charge in [-0.1, -0.05) is 12.1 Å². The fourth-order valence-electron chi connectivity index (χ4n) is 5.75. The summed E-state index contributed by atoms with van der Waals surface area (Å²) in [5.74, 6) is -2.25. The average molecular weight is 530 g/mol. The number of nitrogens with one attached hydrogen (secondary N) is 1. The molecule has 1 atom stereocenters. The Bertz CT molecular complexity index is 1620. The van der Waals surface area contributed by atoms with Gasteiger partial charge in [-0.2, -0.15) is 0 Å². The Morgan fingerprint density at radius 3 is 2.49 bits per heavy atom. The maximum absolute atomic E-state index is 13.2. The van der Waals surface area contributed by atoms with Crippen molar-refractivity contribution in [3.05, 3.63) is 75.3 Å². The molecule has 200 valence electrons. The van der Waals surface area contributed by atoms with Crippen LogP contribution in [0, 0.1) is 0 Å². The molecule has 6 rings (SSSR count). The summed E-state index contributed by atoms with van der Waals surface area (Å²) in [4.78, 5) is 69.9. The first-order valence-electron chi connectivity index (χ1n) is 12.9. The number of rotatable bonds is 4. The number of piperidine rings is 2. The van der Waals surface area contributed by atoms with Gasteiger partial charge in [-0.25, -0.2) is 4.98 Å². The number of carbonyl (C=O) groups is 4. The minimum Gasteiger partial charge on any atom is -0.385 e. The number of benzene rings is 2. The van der Waals surface area contributed by atoms with Crippen LogP contribution in [0.4, 0.5) is 0 Å². The van der Waals surface area contributed by atoms with Crippen molar-refractivity contribution in [2.75, 3.05) is 13.1 Å². The van der Waals surface area contributed by atoms with Gasteiger partial charge in [-0.3, -0.25) is 39.1 Å². The summed E-state index contributed by atoms with van der Waals surface area (Å²) in [6, 6.07) is 9.38. The number of aryl methyl sites for hydroxylation is 1. The van der Waals surface area contributed by atoms with E-state index in [-0.39, 0.29) is 29.5 Å². The van der Waals surface area contributed by atoms with E-state index in [1.54, 1.807) is 19.2 Å². The SMILES string of the molecule is Cn1cnc2ccc(CN3CCC(O)(c4ccc5c(c4)C(=O)N(C4CCC(=O)NC4=O)C5=O)CC3)cc2c1=O. The minimum atomic E-state index is -1.18. The number of nitrogens with zero attached hydrogens (tertiary/aromatic N) is 4. The van der Waals surface area contributed by atoms with Gasteiger partial charge in [0, 0.05) is 33.1 Å². The first kappa shape index (κ1) is 25.1. The van der Waals surface area contributed by atoms with Crippen LogP contribution < -0.4 is 10.9 Å². The fraction of sp³-hybridized carbons (Fsp3) is 0.357. The molecule has 3 aromatic rings. The van der Waals surface area contributed by atoms with Crippen LogP contribution >= 0.6 is 0 Å².